The van der Waals surface area contributed by atoms with Crippen LogP contribution >= 0.6 is 11.6 Å². The molecular formula is C14H17ClFNO2. The van der Waals surface area contributed by atoms with Crippen molar-refractivity contribution in [1.29, 1.82) is 0 Å². The first-order chi connectivity index (χ1) is 9.16. The Kier molecular flexibility index (Phi) is 5.02. The lowest BCUT2D eigenvalue weighted by atomic mass is 10.2. The molecule has 1 aliphatic heterocycles. The van der Waals surface area contributed by atoms with Gasteiger partial charge >= 0.3 is 0 Å². The van der Waals surface area contributed by atoms with E-state index in [1.807, 2.05) is 4.90 Å². The van der Waals surface area contributed by atoms with Crippen LogP contribution in [0.5, 0.6) is 5.75 Å². The van der Waals surface area contributed by atoms with Gasteiger partial charge in [-0.2, -0.15) is 0 Å². The highest BCUT2D eigenvalue weighted by atomic mass is 35.5. The van der Waals surface area contributed by atoms with Gasteiger partial charge in [-0.05, 0) is 25.0 Å². The highest BCUT2D eigenvalue weighted by Crippen LogP contribution is 2.21. The van der Waals surface area contributed by atoms with Crippen molar-refractivity contribution in [3.05, 3.63) is 29.0 Å². The van der Waals surface area contributed by atoms with Crippen molar-refractivity contribution in [2.75, 3.05) is 19.7 Å². The zero-order chi connectivity index (χ0) is 13.7. The van der Waals surface area contributed by atoms with E-state index < -0.39 is 5.82 Å². The summed E-state index contributed by atoms with van der Waals surface area (Å²) in [5.41, 5.74) is 0. The molecule has 1 aromatic rings. The van der Waals surface area contributed by atoms with Crippen molar-refractivity contribution < 1.29 is 13.9 Å². The summed E-state index contributed by atoms with van der Waals surface area (Å²) < 4.78 is 18.3. The van der Waals surface area contributed by atoms with Gasteiger partial charge in [0.2, 0.25) is 0 Å². The lowest BCUT2D eigenvalue weighted by Crippen LogP contribution is -2.35. The molecular weight excluding hydrogens is 269 g/mol. The highest BCUT2D eigenvalue weighted by Gasteiger charge is 2.16. The monoisotopic (exact) mass is 285 g/mol. The molecule has 0 unspecified atom stereocenters. The molecule has 0 aliphatic carbocycles. The zero-order valence-electron chi connectivity index (χ0n) is 10.7. The van der Waals surface area contributed by atoms with Crippen LogP contribution in [0.15, 0.2) is 18.2 Å². The number of halogens is 2. The van der Waals surface area contributed by atoms with Crippen molar-refractivity contribution >= 4 is 17.5 Å². The van der Waals surface area contributed by atoms with Crippen LogP contribution in [0.1, 0.15) is 25.7 Å². The third-order valence-electron chi connectivity index (χ3n) is 3.21. The molecule has 0 bridgehead atoms. The second-order valence-corrected chi connectivity index (χ2v) is 5.07. The van der Waals surface area contributed by atoms with Crippen molar-refractivity contribution in [2.24, 2.45) is 0 Å². The lowest BCUT2D eigenvalue weighted by molar-refractivity contribution is -0.133. The third kappa shape index (κ3) is 4.10. The number of ether oxygens (including phenoxy) is 1. The molecule has 0 spiro atoms. The van der Waals surface area contributed by atoms with Gasteiger partial charge in [-0.1, -0.05) is 24.4 Å². The van der Waals surface area contributed by atoms with Gasteiger partial charge in [0.15, 0.2) is 6.61 Å². The van der Waals surface area contributed by atoms with E-state index in [0.717, 1.165) is 25.9 Å². The summed E-state index contributed by atoms with van der Waals surface area (Å²) in [7, 11) is 0. The Hall–Kier alpha value is -1.29. The zero-order valence-corrected chi connectivity index (χ0v) is 11.5. The first-order valence-corrected chi connectivity index (χ1v) is 6.90. The summed E-state index contributed by atoms with van der Waals surface area (Å²) in [6, 6.07) is 4.08. The first-order valence-electron chi connectivity index (χ1n) is 6.52. The van der Waals surface area contributed by atoms with Gasteiger partial charge in [-0.3, -0.25) is 4.79 Å². The number of benzene rings is 1. The molecule has 1 aromatic carbocycles. The summed E-state index contributed by atoms with van der Waals surface area (Å²) in [5, 5.41) is -0.000258. The lowest BCUT2D eigenvalue weighted by Gasteiger charge is -2.20. The van der Waals surface area contributed by atoms with E-state index >= 15 is 0 Å². The fourth-order valence-electron chi connectivity index (χ4n) is 2.12. The van der Waals surface area contributed by atoms with E-state index in [4.69, 9.17) is 16.3 Å². The smallest absolute Gasteiger partial charge is 0.260 e. The molecule has 0 aromatic heterocycles. The SMILES string of the molecule is O=C(COc1ccc(F)c(Cl)c1)N1CCCCCC1. The predicted octanol–water partition coefficient (Wildman–Crippen LogP) is 3.26. The standard InChI is InChI=1S/C14H17ClFNO2/c15-12-9-11(5-6-13(12)16)19-10-14(18)17-7-3-1-2-4-8-17/h5-6,9H,1-4,7-8,10H2. The maximum Gasteiger partial charge on any atom is 0.260 e. The minimum Gasteiger partial charge on any atom is -0.484 e. The van der Waals surface area contributed by atoms with Crippen molar-refractivity contribution in [3.63, 3.8) is 0 Å². The summed E-state index contributed by atoms with van der Waals surface area (Å²) in [6.07, 6.45) is 4.46. The van der Waals surface area contributed by atoms with Crippen LogP contribution in [-0.2, 0) is 4.79 Å². The van der Waals surface area contributed by atoms with Crippen LogP contribution in [0.2, 0.25) is 5.02 Å². The summed E-state index contributed by atoms with van der Waals surface area (Å²) in [5.74, 6) is -0.107. The average Bonchev–Trinajstić information content (AvgIpc) is 2.69. The van der Waals surface area contributed by atoms with Crippen LogP contribution in [0.25, 0.3) is 0 Å². The van der Waals surface area contributed by atoms with Gasteiger partial charge in [0.05, 0.1) is 5.02 Å². The van der Waals surface area contributed by atoms with E-state index in [9.17, 15) is 9.18 Å². The Morgan fingerprint density at radius 1 is 1.26 bits per heavy atom. The number of hydrogen-bond donors (Lipinski definition) is 0. The summed E-state index contributed by atoms with van der Waals surface area (Å²) >= 11 is 5.65. The number of amides is 1. The molecule has 1 fully saturated rings. The highest BCUT2D eigenvalue weighted by molar-refractivity contribution is 6.30. The molecule has 2 rings (SSSR count). The minimum absolute atomic E-state index is 0.000258. The quantitative estimate of drug-likeness (QED) is 0.853. The van der Waals surface area contributed by atoms with Crippen molar-refractivity contribution in [3.8, 4) is 5.75 Å². The van der Waals surface area contributed by atoms with Gasteiger partial charge in [-0.25, -0.2) is 4.39 Å². The maximum atomic E-state index is 13.0. The minimum atomic E-state index is -0.493. The molecule has 1 aliphatic rings. The Morgan fingerprint density at radius 3 is 2.58 bits per heavy atom. The predicted molar refractivity (Wildman–Crippen MR) is 72.0 cm³/mol. The molecule has 1 amide bonds. The number of likely N-dealkylation sites (tertiary alicyclic amines) is 1. The summed E-state index contributed by atoms with van der Waals surface area (Å²) in [4.78, 5) is 13.8. The number of carbonyl (C=O) groups is 1. The van der Waals surface area contributed by atoms with Gasteiger partial charge < -0.3 is 9.64 Å². The van der Waals surface area contributed by atoms with E-state index in [-0.39, 0.29) is 17.5 Å². The largest absolute Gasteiger partial charge is 0.484 e. The van der Waals surface area contributed by atoms with Crippen LogP contribution < -0.4 is 4.74 Å². The fraction of sp³-hybridized carbons (Fsp3) is 0.500. The molecule has 19 heavy (non-hydrogen) atoms. The van der Waals surface area contributed by atoms with E-state index in [1.165, 1.54) is 31.0 Å². The average molecular weight is 286 g/mol. The fourth-order valence-corrected chi connectivity index (χ4v) is 2.29. The third-order valence-corrected chi connectivity index (χ3v) is 3.50. The van der Waals surface area contributed by atoms with Crippen molar-refractivity contribution in [2.45, 2.75) is 25.7 Å². The van der Waals surface area contributed by atoms with Gasteiger partial charge in [-0.15, -0.1) is 0 Å². The molecule has 5 heteroatoms. The number of carbonyl (C=O) groups excluding carboxylic acids is 1. The molecule has 1 saturated heterocycles. The molecule has 0 atom stereocenters. The number of rotatable bonds is 3. The number of hydrogen-bond acceptors (Lipinski definition) is 2. The molecule has 0 saturated carbocycles. The molecule has 104 valence electrons. The Bertz CT molecular complexity index is 445. The van der Waals surface area contributed by atoms with Gasteiger partial charge in [0, 0.05) is 19.2 Å². The number of nitrogens with zero attached hydrogens (tertiary/aromatic N) is 1. The van der Waals surface area contributed by atoms with Gasteiger partial charge in [0.1, 0.15) is 11.6 Å². The Balaban J connectivity index is 1.86. The second-order valence-electron chi connectivity index (χ2n) is 4.66. The van der Waals surface area contributed by atoms with Gasteiger partial charge in [0.25, 0.3) is 5.91 Å². The molecule has 0 N–H and O–H groups in total. The van der Waals surface area contributed by atoms with E-state index in [2.05, 4.69) is 0 Å². The normalized spacial score (nSPS) is 16.0. The van der Waals surface area contributed by atoms with Crippen LogP contribution in [0, 0.1) is 5.82 Å². The van der Waals surface area contributed by atoms with E-state index in [1.54, 1.807) is 0 Å². The molecule has 3 nitrogen and oxygen atoms in total. The topological polar surface area (TPSA) is 29.5 Å². The Labute approximate surface area is 117 Å². The first kappa shape index (κ1) is 14.1. The van der Waals surface area contributed by atoms with Crippen LogP contribution in [0.3, 0.4) is 0 Å². The van der Waals surface area contributed by atoms with E-state index in [0.29, 0.717) is 5.75 Å². The maximum absolute atomic E-state index is 13.0. The Morgan fingerprint density at radius 2 is 1.95 bits per heavy atom. The van der Waals surface area contributed by atoms with Crippen LogP contribution in [-0.4, -0.2) is 30.5 Å². The van der Waals surface area contributed by atoms with Crippen LogP contribution in [0.4, 0.5) is 4.39 Å². The van der Waals surface area contributed by atoms with Crippen molar-refractivity contribution in [1.82, 2.24) is 4.90 Å². The molecule has 1 heterocycles. The molecule has 0 radical (unpaired) electrons. The summed E-state index contributed by atoms with van der Waals surface area (Å²) in [6.45, 7) is 1.57. The second kappa shape index (κ2) is 6.75.